The Morgan fingerprint density at radius 2 is 1.20 bits per heavy atom. The maximum Gasteiger partial charge on any atom is -0.0283 e. The van der Waals surface area contributed by atoms with Crippen LogP contribution in [0.5, 0.6) is 0 Å². The summed E-state index contributed by atoms with van der Waals surface area (Å²) in [5.41, 5.74) is 3.02. The molecule has 1 aliphatic carbocycles. The van der Waals surface area contributed by atoms with Gasteiger partial charge in [-0.25, -0.2) is 0 Å². The van der Waals surface area contributed by atoms with Crippen LogP contribution in [0, 0.1) is 0 Å². The normalized spacial score (nSPS) is 15.8. The van der Waals surface area contributed by atoms with Gasteiger partial charge in [-0.05, 0) is 26.7 Å². The first-order valence-corrected chi connectivity index (χ1v) is 3.12. The van der Waals surface area contributed by atoms with Crippen LogP contribution in [0.3, 0.4) is 0 Å². The lowest BCUT2D eigenvalue weighted by Crippen LogP contribution is -1.85. The monoisotopic (exact) mass is 140 g/mol. The Kier molecular flexibility index (Phi) is 6.43. The van der Waals surface area contributed by atoms with E-state index < -0.39 is 0 Å². The van der Waals surface area contributed by atoms with Gasteiger partial charge in [0.1, 0.15) is 0 Å². The van der Waals surface area contributed by atoms with Gasteiger partial charge in [0.25, 0.3) is 0 Å². The minimum atomic E-state index is 0. The van der Waals surface area contributed by atoms with Gasteiger partial charge in [0, 0.05) is 0 Å². The number of rotatable bonds is 0. The summed E-state index contributed by atoms with van der Waals surface area (Å²) >= 11 is 0. The first-order chi connectivity index (χ1) is 3.79. The maximum absolute atomic E-state index is 2.21. The van der Waals surface area contributed by atoms with Crippen LogP contribution in [0.2, 0.25) is 0 Å². The zero-order valence-corrected chi connectivity index (χ0v) is 5.57. The average molecular weight is 140 g/mol. The lowest BCUT2D eigenvalue weighted by atomic mass is 10.0. The first kappa shape index (κ1) is 12.2. The molecule has 0 aromatic carbocycles. The molecule has 0 aromatic rings. The van der Waals surface area contributed by atoms with Crippen molar-refractivity contribution in [3.63, 3.8) is 0 Å². The van der Waals surface area contributed by atoms with Crippen LogP contribution >= 0.6 is 0 Å². The van der Waals surface area contributed by atoms with Gasteiger partial charge in [0.05, 0.1) is 0 Å². The molecule has 0 nitrogen and oxygen atoms in total. The van der Waals surface area contributed by atoms with Crippen molar-refractivity contribution in [2.24, 2.45) is 0 Å². The molecular formula is C10H20. The topological polar surface area (TPSA) is 0 Å². The van der Waals surface area contributed by atoms with Crippen LogP contribution in [0.15, 0.2) is 23.3 Å². The zero-order chi connectivity index (χ0) is 5.98. The van der Waals surface area contributed by atoms with Crippen molar-refractivity contribution < 1.29 is 0 Å². The van der Waals surface area contributed by atoms with E-state index in [0.29, 0.717) is 0 Å². The molecule has 1 aliphatic rings. The van der Waals surface area contributed by atoms with Gasteiger partial charge in [-0.3, -0.25) is 0 Å². The maximum atomic E-state index is 2.21. The Morgan fingerprint density at radius 1 is 0.900 bits per heavy atom. The molecule has 1 rings (SSSR count). The summed E-state index contributed by atoms with van der Waals surface area (Å²) in [5, 5.41) is 0. The Bertz CT molecular complexity index is 120. The zero-order valence-electron chi connectivity index (χ0n) is 5.57. The van der Waals surface area contributed by atoms with E-state index in [-0.39, 0.29) is 14.9 Å². The van der Waals surface area contributed by atoms with Gasteiger partial charge in [-0.15, -0.1) is 0 Å². The highest BCUT2D eigenvalue weighted by Crippen LogP contribution is 2.15. The molecule has 0 amide bonds. The molecular weight excluding hydrogens is 120 g/mol. The highest BCUT2D eigenvalue weighted by Gasteiger charge is 1.95. The van der Waals surface area contributed by atoms with Crippen LogP contribution < -0.4 is 0 Å². The van der Waals surface area contributed by atoms with Gasteiger partial charge >= 0.3 is 0 Å². The molecule has 0 spiro atoms. The standard InChI is InChI=1S/C8H12.2CH4/c1-7-3-5-8(2)6-4-7;;/h3,5H,4,6H2,1-2H3;2*1H4. The van der Waals surface area contributed by atoms with Crippen molar-refractivity contribution in [2.75, 3.05) is 0 Å². The third kappa shape index (κ3) is 3.49. The Hall–Kier alpha value is -0.520. The van der Waals surface area contributed by atoms with Crippen molar-refractivity contribution in [3.8, 4) is 0 Å². The number of allylic oxidation sites excluding steroid dienone is 4. The van der Waals surface area contributed by atoms with Crippen LogP contribution in [0.1, 0.15) is 41.5 Å². The number of hydrogen-bond acceptors (Lipinski definition) is 0. The fraction of sp³-hybridized carbons (Fsp3) is 0.600. The Balaban J connectivity index is 0. The van der Waals surface area contributed by atoms with Gasteiger partial charge in [0.2, 0.25) is 0 Å². The van der Waals surface area contributed by atoms with Crippen molar-refractivity contribution in [1.82, 2.24) is 0 Å². The fourth-order valence-electron chi connectivity index (χ4n) is 0.846. The van der Waals surface area contributed by atoms with E-state index in [1.807, 2.05) is 0 Å². The molecule has 0 radical (unpaired) electrons. The van der Waals surface area contributed by atoms with E-state index in [2.05, 4.69) is 26.0 Å². The third-order valence-corrected chi connectivity index (χ3v) is 1.57. The molecule has 0 aliphatic heterocycles. The predicted octanol–water partition coefficient (Wildman–Crippen LogP) is 3.95. The summed E-state index contributed by atoms with van der Waals surface area (Å²) in [6, 6.07) is 0. The highest BCUT2D eigenvalue weighted by molar-refractivity contribution is 5.20. The van der Waals surface area contributed by atoms with E-state index >= 15 is 0 Å². The molecule has 0 saturated carbocycles. The summed E-state index contributed by atoms with van der Waals surface area (Å²) in [5.74, 6) is 0. The van der Waals surface area contributed by atoms with Crippen molar-refractivity contribution >= 4 is 0 Å². The summed E-state index contributed by atoms with van der Waals surface area (Å²) in [4.78, 5) is 0. The summed E-state index contributed by atoms with van der Waals surface area (Å²) < 4.78 is 0. The molecule has 0 saturated heterocycles. The predicted molar refractivity (Wildman–Crippen MR) is 50.2 cm³/mol. The quantitative estimate of drug-likeness (QED) is 0.478. The number of hydrogen-bond donors (Lipinski definition) is 0. The molecule has 0 fully saturated rings. The molecule has 0 aromatic heterocycles. The Morgan fingerprint density at radius 3 is 1.40 bits per heavy atom. The van der Waals surface area contributed by atoms with Crippen LogP contribution in [-0.4, -0.2) is 0 Å². The highest BCUT2D eigenvalue weighted by atomic mass is 14.0. The smallest absolute Gasteiger partial charge is 0.0283 e. The molecule has 60 valence electrons. The SMILES string of the molecule is C.C.CC1=CC=C(C)CC1. The van der Waals surface area contributed by atoms with Gasteiger partial charge < -0.3 is 0 Å². The second-order valence-electron chi connectivity index (χ2n) is 2.53. The van der Waals surface area contributed by atoms with Gasteiger partial charge in [-0.2, -0.15) is 0 Å². The minimum Gasteiger partial charge on any atom is -0.0776 e. The fourth-order valence-corrected chi connectivity index (χ4v) is 0.846. The van der Waals surface area contributed by atoms with Crippen molar-refractivity contribution in [1.29, 1.82) is 0 Å². The molecule has 0 bridgehead atoms. The molecule has 10 heavy (non-hydrogen) atoms. The second-order valence-corrected chi connectivity index (χ2v) is 2.53. The van der Waals surface area contributed by atoms with Crippen LogP contribution in [0.4, 0.5) is 0 Å². The third-order valence-electron chi connectivity index (χ3n) is 1.57. The molecule has 0 heteroatoms. The van der Waals surface area contributed by atoms with E-state index in [0.717, 1.165) is 0 Å². The molecule has 0 N–H and O–H groups in total. The van der Waals surface area contributed by atoms with Crippen LogP contribution in [-0.2, 0) is 0 Å². The van der Waals surface area contributed by atoms with E-state index in [9.17, 15) is 0 Å². The molecule has 0 atom stereocenters. The summed E-state index contributed by atoms with van der Waals surface area (Å²) in [6.45, 7) is 4.37. The minimum absolute atomic E-state index is 0. The van der Waals surface area contributed by atoms with Gasteiger partial charge in [-0.1, -0.05) is 38.2 Å². The summed E-state index contributed by atoms with van der Waals surface area (Å²) in [7, 11) is 0. The molecule has 0 heterocycles. The lowest BCUT2D eigenvalue weighted by Gasteiger charge is -2.05. The lowest BCUT2D eigenvalue weighted by molar-refractivity contribution is 0.906. The van der Waals surface area contributed by atoms with E-state index in [1.165, 1.54) is 24.0 Å². The average Bonchev–Trinajstić information content (AvgIpc) is 1.77. The summed E-state index contributed by atoms with van der Waals surface area (Å²) in [6.07, 6.45) is 6.95. The van der Waals surface area contributed by atoms with E-state index in [4.69, 9.17) is 0 Å². The second kappa shape index (κ2) is 5.28. The van der Waals surface area contributed by atoms with Gasteiger partial charge in [0.15, 0.2) is 0 Å². The van der Waals surface area contributed by atoms with E-state index in [1.54, 1.807) is 0 Å². The molecule has 0 unspecified atom stereocenters. The first-order valence-electron chi connectivity index (χ1n) is 3.12. The van der Waals surface area contributed by atoms with Crippen molar-refractivity contribution in [2.45, 2.75) is 41.5 Å². The largest absolute Gasteiger partial charge is 0.0776 e. The Labute approximate surface area is 65.7 Å². The van der Waals surface area contributed by atoms with Crippen LogP contribution in [0.25, 0.3) is 0 Å². The van der Waals surface area contributed by atoms with Crippen molar-refractivity contribution in [3.05, 3.63) is 23.3 Å².